The Morgan fingerprint density at radius 1 is 1.10 bits per heavy atom. The van der Waals surface area contributed by atoms with E-state index in [1.54, 1.807) is 43.0 Å². The van der Waals surface area contributed by atoms with E-state index in [4.69, 9.17) is 26.4 Å². The Bertz CT molecular complexity index is 1020. The molecular formula is C23H24N2O5S. The molecule has 4 rings (SSSR count). The summed E-state index contributed by atoms with van der Waals surface area (Å²) in [6.07, 6.45) is 0. The second kappa shape index (κ2) is 8.19. The Balaban J connectivity index is 1.78. The standard InChI is InChI=1S/C23H24N2O5S/c1-4-28-20(26)14-10-12-15(13-11-14)25-22(31)24-19-16-8-6-7-9-17(16)30-23(25,3)18(19)21(27)29-5-2/h6-13,18-19H,4-5H2,1-3H3,(H,24,31)/t18-,19+,23+/m1/s1. The molecule has 31 heavy (non-hydrogen) atoms. The van der Waals surface area contributed by atoms with E-state index in [0.717, 1.165) is 5.56 Å². The van der Waals surface area contributed by atoms with Crippen LogP contribution < -0.4 is 15.0 Å². The average Bonchev–Trinajstić information content (AvgIpc) is 2.74. The summed E-state index contributed by atoms with van der Waals surface area (Å²) in [5, 5.41) is 3.73. The van der Waals surface area contributed by atoms with Crippen LogP contribution >= 0.6 is 12.2 Å². The van der Waals surface area contributed by atoms with Gasteiger partial charge >= 0.3 is 11.9 Å². The van der Waals surface area contributed by atoms with Gasteiger partial charge in [0.25, 0.3) is 0 Å². The van der Waals surface area contributed by atoms with E-state index in [2.05, 4.69) is 5.32 Å². The van der Waals surface area contributed by atoms with Gasteiger partial charge in [0.1, 0.15) is 11.7 Å². The molecular weight excluding hydrogens is 416 g/mol. The third-order valence-corrected chi connectivity index (χ3v) is 5.88. The number of rotatable bonds is 5. The zero-order chi connectivity index (χ0) is 22.2. The fourth-order valence-electron chi connectivity index (χ4n) is 4.27. The number of benzene rings is 2. The van der Waals surface area contributed by atoms with Gasteiger partial charge in [-0.1, -0.05) is 18.2 Å². The number of ether oxygens (including phenoxy) is 3. The number of carbonyl (C=O) groups is 2. The minimum Gasteiger partial charge on any atom is -0.466 e. The Kier molecular flexibility index (Phi) is 5.58. The first kappa shape index (κ1) is 21.1. The zero-order valence-corrected chi connectivity index (χ0v) is 18.4. The maximum absolute atomic E-state index is 13.1. The number of thiocarbonyl (C=S) groups is 1. The van der Waals surface area contributed by atoms with Crippen LogP contribution in [0.25, 0.3) is 0 Å². The number of esters is 2. The summed E-state index contributed by atoms with van der Waals surface area (Å²) in [6, 6.07) is 14.1. The molecule has 1 N–H and O–H groups in total. The third kappa shape index (κ3) is 3.50. The molecule has 3 atom stereocenters. The molecule has 7 nitrogen and oxygen atoms in total. The fraction of sp³-hybridized carbons (Fsp3) is 0.348. The predicted octanol–water partition coefficient (Wildman–Crippen LogP) is 3.59. The molecule has 2 bridgehead atoms. The minimum absolute atomic E-state index is 0.262. The maximum Gasteiger partial charge on any atom is 0.338 e. The van der Waals surface area contributed by atoms with Crippen molar-refractivity contribution < 1.29 is 23.8 Å². The van der Waals surface area contributed by atoms with Crippen LogP contribution in [-0.4, -0.2) is 36.0 Å². The molecule has 0 amide bonds. The molecule has 0 radical (unpaired) electrons. The van der Waals surface area contributed by atoms with Crippen molar-refractivity contribution >= 4 is 35.0 Å². The van der Waals surface area contributed by atoms with Crippen LogP contribution in [0.5, 0.6) is 5.75 Å². The summed E-state index contributed by atoms with van der Waals surface area (Å²) in [5.41, 5.74) is 0.846. The second-order valence-electron chi connectivity index (χ2n) is 7.45. The molecule has 0 spiro atoms. The van der Waals surface area contributed by atoms with Gasteiger partial charge in [0.2, 0.25) is 5.72 Å². The van der Waals surface area contributed by atoms with Crippen molar-refractivity contribution in [3.63, 3.8) is 0 Å². The summed E-state index contributed by atoms with van der Waals surface area (Å²) >= 11 is 5.69. The fourth-order valence-corrected chi connectivity index (χ4v) is 4.69. The summed E-state index contributed by atoms with van der Waals surface area (Å²) in [7, 11) is 0. The van der Waals surface area contributed by atoms with Crippen LogP contribution in [0.15, 0.2) is 48.5 Å². The highest BCUT2D eigenvalue weighted by Crippen LogP contribution is 2.49. The van der Waals surface area contributed by atoms with E-state index >= 15 is 0 Å². The van der Waals surface area contributed by atoms with Gasteiger partial charge in [0.05, 0.1) is 24.8 Å². The monoisotopic (exact) mass is 440 g/mol. The molecule has 2 heterocycles. The topological polar surface area (TPSA) is 77.1 Å². The van der Waals surface area contributed by atoms with Gasteiger partial charge in [-0.25, -0.2) is 4.79 Å². The smallest absolute Gasteiger partial charge is 0.338 e. The maximum atomic E-state index is 13.1. The molecule has 1 fully saturated rings. The molecule has 2 aliphatic rings. The number of nitrogens with one attached hydrogen (secondary N) is 1. The van der Waals surface area contributed by atoms with E-state index in [1.807, 2.05) is 31.2 Å². The number of carbonyl (C=O) groups excluding carboxylic acids is 2. The number of hydrogen-bond donors (Lipinski definition) is 1. The van der Waals surface area contributed by atoms with Crippen LogP contribution in [0.1, 0.15) is 42.7 Å². The molecule has 0 aromatic heterocycles. The highest BCUT2D eigenvalue weighted by Gasteiger charge is 2.59. The van der Waals surface area contributed by atoms with Gasteiger partial charge in [-0.3, -0.25) is 9.69 Å². The SMILES string of the molecule is CCOC(=O)c1ccc(N2C(=S)N[C@H]3c4ccccc4O[C@@]2(C)[C@H]3C(=O)OCC)cc1. The molecule has 0 saturated carbocycles. The molecule has 2 aliphatic heterocycles. The van der Waals surface area contributed by atoms with Gasteiger partial charge in [-0.15, -0.1) is 0 Å². The lowest BCUT2D eigenvalue weighted by molar-refractivity contribution is -0.159. The van der Waals surface area contributed by atoms with E-state index in [9.17, 15) is 9.59 Å². The lowest BCUT2D eigenvalue weighted by atomic mass is 9.79. The normalized spacial score (nSPS) is 23.8. The number of hydrogen-bond acceptors (Lipinski definition) is 6. The van der Waals surface area contributed by atoms with E-state index in [-0.39, 0.29) is 18.6 Å². The van der Waals surface area contributed by atoms with Crippen LogP contribution in [0.2, 0.25) is 0 Å². The lowest BCUT2D eigenvalue weighted by Gasteiger charge is -2.55. The first-order chi connectivity index (χ1) is 14.9. The number of nitrogens with zero attached hydrogens (tertiary/aromatic N) is 1. The van der Waals surface area contributed by atoms with E-state index in [1.165, 1.54) is 0 Å². The first-order valence-electron chi connectivity index (χ1n) is 10.2. The number of para-hydroxylation sites is 1. The van der Waals surface area contributed by atoms with Crippen LogP contribution in [0.3, 0.4) is 0 Å². The van der Waals surface area contributed by atoms with Gasteiger partial charge in [0, 0.05) is 11.3 Å². The van der Waals surface area contributed by atoms with Gasteiger partial charge in [-0.2, -0.15) is 0 Å². The molecule has 1 saturated heterocycles. The summed E-state index contributed by atoms with van der Waals surface area (Å²) in [4.78, 5) is 26.8. The number of anilines is 1. The highest BCUT2D eigenvalue weighted by atomic mass is 32.1. The Morgan fingerprint density at radius 2 is 1.77 bits per heavy atom. The Morgan fingerprint density at radius 3 is 2.45 bits per heavy atom. The molecule has 162 valence electrons. The first-order valence-corrected chi connectivity index (χ1v) is 10.6. The van der Waals surface area contributed by atoms with Crippen molar-refractivity contribution in [2.45, 2.75) is 32.5 Å². The molecule has 2 aromatic carbocycles. The quantitative estimate of drug-likeness (QED) is 0.558. The molecule has 8 heteroatoms. The Labute approximate surface area is 186 Å². The zero-order valence-electron chi connectivity index (χ0n) is 17.6. The van der Waals surface area contributed by atoms with Gasteiger partial charge < -0.3 is 19.5 Å². The Hall–Kier alpha value is -3.13. The average molecular weight is 441 g/mol. The summed E-state index contributed by atoms with van der Waals surface area (Å²) in [5.74, 6) is -0.753. The summed E-state index contributed by atoms with van der Waals surface area (Å²) in [6.45, 7) is 5.93. The van der Waals surface area contributed by atoms with E-state index < -0.39 is 17.6 Å². The van der Waals surface area contributed by atoms with Crippen molar-refractivity contribution in [3.8, 4) is 5.75 Å². The second-order valence-corrected chi connectivity index (χ2v) is 7.84. The highest BCUT2D eigenvalue weighted by molar-refractivity contribution is 7.80. The van der Waals surface area contributed by atoms with Crippen molar-refractivity contribution in [3.05, 3.63) is 59.7 Å². The lowest BCUT2D eigenvalue weighted by Crippen LogP contribution is -2.71. The number of fused-ring (bicyclic) bond motifs is 4. The van der Waals surface area contributed by atoms with E-state index in [0.29, 0.717) is 28.7 Å². The minimum atomic E-state index is -1.13. The van der Waals surface area contributed by atoms with Crippen LogP contribution in [0, 0.1) is 5.92 Å². The van der Waals surface area contributed by atoms with Crippen molar-refractivity contribution in [1.29, 1.82) is 0 Å². The predicted molar refractivity (Wildman–Crippen MR) is 119 cm³/mol. The van der Waals surface area contributed by atoms with Crippen LogP contribution in [0.4, 0.5) is 5.69 Å². The molecule has 0 aliphatic carbocycles. The summed E-state index contributed by atoms with van der Waals surface area (Å²) < 4.78 is 16.9. The van der Waals surface area contributed by atoms with Crippen molar-refractivity contribution in [1.82, 2.24) is 5.32 Å². The van der Waals surface area contributed by atoms with Gasteiger partial charge in [0.15, 0.2) is 5.11 Å². The molecule has 2 aromatic rings. The van der Waals surface area contributed by atoms with Gasteiger partial charge in [-0.05, 0) is 63.3 Å². The molecule has 0 unspecified atom stereocenters. The largest absolute Gasteiger partial charge is 0.466 e. The van der Waals surface area contributed by atoms with Crippen LogP contribution in [-0.2, 0) is 14.3 Å². The van der Waals surface area contributed by atoms with Crippen molar-refractivity contribution in [2.24, 2.45) is 5.92 Å². The van der Waals surface area contributed by atoms with Crippen molar-refractivity contribution in [2.75, 3.05) is 18.1 Å². The third-order valence-electron chi connectivity index (χ3n) is 5.58.